The monoisotopic (exact) mass is 250 g/mol. The van der Waals surface area contributed by atoms with E-state index in [1.165, 1.54) is 11.3 Å². The number of carbonyl (C=O) groups excluding carboxylic acids is 1. The molecule has 0 aliphatic heterocycles. The molecular weight excluding hydrogens is 240 g/mol. The van der Waals surface area contributed by atoms with Gasteiger partial charge in [0.15, 0.2) is 0 Å². The molecular formula is C13H11ClOS. The van der Waals surface area contributed by atoms with Gasteiger partial charge in [-0.15, -0.1) is 11.3 Å². The van der Waals surface area contributed by atoms with Crippen LogP contribution in [0.15, 0.2) is 35.7 Å². The van der Waals surface area contributed by atoms with Crippen molar-refractivity contribution in [3.63, 3.8) is 0 Å². The van der Waals surface area contributed by atoms with Crippen LogP contribution in [0, 0.1) is 0 Å². The molecule has 1 nitrogen and oxygen atoms in total. The molecule has 1 aromatic carbocycles. The highest BCUT2D eigenvalue weighted by Gasteiger charge is 2.16. The molecule has 0 N–H and O–H groups in total. The highest BCUT2D eigenvalue weighted by atomic mass is 35.5. The molecule has 2 aromatic rings. The van der Waals surface area contributed by atoms with E-state index in [2.05, 4.69) is 0 Å². The van der Waals surface area contributed by atoms with Gasteiger partial charge < -0.3 is 0 Å². The molecule has 0 amide bonds. The SMILES string of the molecule is CCc1ccccc1C(=O)c1sccc1Cl. The summed E-state index contributed by atoms with van der Waals surface area (Å²) in [6, 6.07) is 9.43. The molecule has 16 heavy (non-hydrogen) atoms. The van der Waals surface area contributed by atoms with E-state index < -0.39 is 0 Å². The van der Waals surface area contributed by atoms with Gasteiger partial charge in [0.05, 0.1) is 9.90 Å². The summed E-state index contributed by atoms with van der Waals surface area (Å²) in [4.78, 5) is 12.9. The third-order valence-electron chi connectivity index (χ3n) is 2.47. The number of ketones is 1. The standard InChI is InChI=1S/C13H11ClOS/c1-2-9-5-3-4-6-10(9)12(15)13-11(14)7-8-16-13/h3-8H,2H2,1H3. The average Bonchev–Trinajstić information content (AvgIpc) is 2.74. The van der Waals surface area contributed by atoms with E-state index in [-0.39, 0.29) is 5.78 Å². The van der Waals surface area contributed by atoms with Gasteiger partial charge in [-0.2, -0.15) is 0 Å². The lowest BCUT2D eigenvalue weighted by Gasteiger charge is -2.05. The number of hydrogen-bond donors (Lipinski definition) is 0. The highest BCUT2D eigenvalue weighted by molar-refractivity contribution is 7.13. The molecule has 0 unspecified atom stereocenters. The van der Waals surface area contributed by atoms with E-state index in [4.69, 9.17) is 11.6 Å². The quantitative estimate of drug-likeness (QED) is 0.747. The van der Waals surface area contributed by atoms with Crippen LogP contribution in [0.5, 0.6) is 0 Å². The number of carbonyl (C=O) groups is 1. The number of aryl methyl sites for hydroxylation is 1. The van der Waals surface area contributed by atoms with Gasteiger partial charge in [-0.25, -0.2) is 0 Å². The lowest BCUT2D eigenvalue weighted by molar-refractivity contribution is 0.104. The molecule has 0 atom stereocenters. The van der Waals surface area contributed by atoms with Crippen LogP contribution < -0.4 is 0 Å². The molecule has 0 aliphatic rings. The summed E-state index contributed by atoms with van der Waals surface area (Å²) in [7, 11) is 0. The molecule has 0 fully saturated rings. The molecule has 2 rings (SSSR count). The van der Waals surface area contributed by atoms with Crippen molar-refractivity contribution in [2.75, 3.05) is 0 Å². The number of hydrogen-bond acceptors (Lipinski definition) is 2. The number of halogens is 1. The number of thiophene rings is 1. The first-order valence-corrected chi connectivity index (χ1v) is 6.35. The second-order valence-corrected chi connectivity index (χ2v) is 4.76. The van der Waals surface area contributed by atoms with Crippen LogP contribution in [0.4, 0.5) is 0 Å². The number of benzene rings is 1. The first-order chi connectivity index (χ1) is 7.74. The highest BCUT2D eigenvalue weighted by Crippen LogP contribution is 2.26. The Morgan fingerprint density at radius 3 is 2.69 bits per heavy atom. The van der Waals surface area contributed by atoms with Crippen molar-refractivity contribution in [1.29, 1.82) is 0 Å². The van der Waals surface area contributed by atoms with Crippen molar-refractivity contribution in [2.45, 2.75) is 13.3 Å². The van der Waals surface area contributed by atoms with Crippen molar-refractivity contribution in [3.05, 3.63) is 56.7 Å². The summed E-state index contributed by atoms with van der Waals surface area (Å²) in [5.74, 6) is 0.0254. The van der Waals surface area contributed by atoms with Crippen molar-refractivity contribution < 1.29 is 4.79 Å². The van der Waals surface area contributed by atoms with Crippen LogP contribution in [-0.4, -0.2) is 5.78 Å². The van der Waals surface area contributed by atoms with Crippen LogP contribution in [0.25, 0.3) is 0 Å². The zero-order valence-corrected chi connectivity index (χ0v) is 10.4. The summed E-state index contributed by atoms with van der Waals surface area (Å²) < 4.78 is 0. The molecule has 0 spiro atoms. The van der Waals surface area contributed by atoms with Gasteiger partial charge in [0.1, 0.15) is 0 Å². The molecule has 0 saturated heterocycles. The van der Waals surface area contributed by atoms with Gasteiger partial charge in [0.2, 0.25) is 5.78 Å². The van der Waals surface area contributed by atoms with Crippen LogP contribution in [0.2, 0.25) is 5.02 Å². The topological polar surface area (TPSA) is 17.1 Å². The average molecular weight is 251 g/mol. The van der Waals surface area contributed by atoms with Crippen LogP contribution >= 0.6 is 22.9 Å². The normalized spacial score (nSPS) is 10.4. The Kier molecular flexibility index (Phi) is 3.42. The summed E-state index contributed by atoms with van der Waals surface area (Å²) in [5.41, 5.74) is 1.83. The van der Waals surface area contributed by atoms with Gasteiger partial charge in [-0.1, -0.05) is 42.8 Å². The van der Waals surface area contributed by atoms with Gasteiger partial charge >= 0.3 is 0 Å². The first-order valence-electron chi connectivity index (χ1n) is 5.09. The maximum Gasteiger partial charge on any atom is 0.204 e. The van der Waals surface area contributed by atoms with Crippen molar-refractivity contribution in [3.8, 4) is 0 Å². The smallest absolute Gasteiger partial charge is 0.204 e. The van der Waals surface area contributed by atoms with Gasteiger partial charge in [-0.05, 0) is 23.4 Å². The van der Waals surface area contributed by atoms with Crippen LogP contribution in [-0.2, 0) is 6.42 Å². The Hall–Kier alpha value is -1.12. The predicted octanol–water partition coefficient (Wildman–Crippen LogP) is 4.19. The summed E-state index contributed by atoms with van der Waals surface area (Å²) in [6.07, 6.45) is 0.852. The minimum Gasteiger partial charge on any atom is -0.288 e. The van der Waals surface area contributed by atoms with E-state index in [1.807, 2.05) is 36.6 Å². The Morgan fingerprint density at radius 2 is 2.06 bits per heavy atom. The Labute approximate surface area is 104 Å². The maximum atomic E-state index is 12.2. The van der Waals surface area contributed by atoms with Gasteiger partial charge in [-0.3, -0.25) is 4.79 Å². The first kappa shape index (κ1) is 11.4. The van der Waals surface area contributed by atoms with Gasteiger partial charge in [0, 0.05) is 5.56 Å². The fourth-order valence-electron chi connectivity index (χ4n) is 1.63. The van der Waals surface area contributed by atoms with E-state index in [9.17, 15) is 4.79 Å². The van der Waals surface area contributed by atoms with Crippen LogP contribution in [0.1, 0.15) is 27.7 Å². The van der Waals surface area contributed by atoms with Crippen LogP contribution in [0.3, 0.4) is 0 Å². The van der Waals surface area contributed by atoms with Gasteiger partial charge in [0.25, 0.3) is 0 Å². The third-order valence-corrected chi connectivity index (χ3v) is 3.81. The molecule has 0 aliphatic carbocycles. The minimum atomic E-state index is 0.0254. The van der Waals surface area contributed by atoms with Crippen molar-refractivity contribution in [1.82, 2.24) is 0 Å². The van der Waals surface area contributed by atoms with E-state index in [0.717, 1.165) is 17.5 Å². The summed E-state index contributed by atoms with van der Waals surface area (Å²) >= 11 is 7.36. The molecule has 82 valence electrons. The van der Waals surface area contributed by atoms with E-state index in [0.29, 0.717) is 9.90 Å². The van der Waals surface area contributed by atoms with E-state index >= 15 is 0 Å². The second kappa shape index (κ2) is 4.81. The zero-order chi connectivity index (χ0) is 11.5. The van der Waals surface area contributed by atoms with E-state index in [1.54, 1.807) is 6.07 Å². The molecule has 0 radical (unpaired) electrons. The van der Waals surface area contributed by atoms with Crippen molar-refractivity contribution in [2.24, 2.45) is 0 Å². The lowest BCUT2D eigenvalue weighted by Crippen LogP contribution is -2.03. The fourth-order valence-corrected chi connectivity index (χ4v) is 2.72. The Balaban J connectivity index is 2.46. The number of rotatable bonds is 3. The maximum absolute atomic E-state index is 12.2. The Morgan fingerprint density at radius 1 is 1.31 bits per heavy atom. The molecule has 1 aromatic heterocycles. The molecule has 3 heteroatoms. The Bertz CT molecular complexity index is 516. The zero-order valence-electron chi connectivity index (χ0n) is 8.87. The minimum absolute atomic E-state index is 0.0254. The third kappa shape index (κ3) is 2.04. The largest absolute Gasteiger partial charge is 0.288 e. The lowest BCUT2D eigenvalue weighted by atomic mass is 10.0. The molecule has 0 saturated carbocycles. The summed E-state index contributed by atoms with van der Waals surface area (Å²) in [5, 5.41) is 2.38. The second-order valence-electron chi connectivity index (χ2n) is 3.44. The fraction of sp³-hybridized carbons (Fsp3) is 0.154. The predicted molar refractivity (Wildman–Crippen MR) is 68.6 cm³/mol. The molecule has 0 bridgehead atoms. The van der Waals surface area contributed by atoms with Crippen molar-refractivity contribution >= 4 is 28.7 Å². The summed E-state index contributed by atoms with van der Waals surface area (Å²) in [6.45, 7) is 2.04. The molecule has 1 heterocycles.